The van der Waals surface area contributed by atoms with Crippen molar-refractivity contribution >= 4 is 16.4 Å². The summed E-state index contributed by atoms with van der Waals surface area (Å²) in [6.45, 7) is 0. The maximum atomic E-state index is 2.64. The molecule has 2 unspecified atom stereocenters. The van der Waals surface area contributed by atoms with Crippen molar-refractivity contribution in [2.75, 3.05) is 0 Å². The Kier molecular flexibility index (Phi) is 12.5. The van der Waals surface area contributed by atoms with E-state index < -0.39 is 0 Å². The van der Waals surface area contributed by atoms with Gasteiger partial charge in [0.2, 0.25) is 0 Å². The zero-order valence-electron chi connectivity index (χ0n) is 27.6. The van der Waals surface area contributed by atoms with Crippen LogP contribution in [0.5, 0.6) is 0 Å². The van der Waals surface area contributed by atoms with Crippen LogP contribution in [-0.2, 0) is 16.8 Å². The Bertz CT molecular complexity index is 1270. The van der Waals surface area contributed by atoms with Crippen LogP contribution in [-0.4, -0.2) is 0 Å². The van der Waals surface area contributed by atoms with Crippen molar-refractivity contribution in [1.29, 1.82) is 0 Å². The molecule has 4 aromatic rings. The summed E-state index contributed by atoms with van der Waals surface area (Å²) < 4.78 is 0. The summed E-state index contributed by atoms with van der Waals surface area (Å²) in [5, 5.41) is 3.41. The van der Waals surface area contributed by atoms with Gasteiger partial charge in [-0.15, -0.1) is 0 Å². The minimum atomic E-state index is 0. The Hall–Kier alpha value is -1.23. The predicted molar refractivity (Wildman–Crippen MR) is 197 cm³/mol. The Morgan fingerprint density at radius 3 is 1.11 bits per heavy atom. The molecule has 3 heteroatoms. The van der Waals surface area contributed by atoms with Gasteiger partial charge in [-0.25, -0.2) is 35.4 Å². The van der Waals surface area contributed by atoms with E-state index in [2.05, 4.69) is 60.1 Å². The van der Waals surface area contributed by atoms with E-state index in [-0.39, 0.29) is 16.8 Å². The van der Waals surface area contributed by atoms with Crippen LogP contribution in [0.4, 0.5) is 0 Å². The molecule has 0 spiro atoms. The molecular formula is C42H56CoP2. The largest absolute Gasteiger partial charge is 2.00 e. The molecule has 4 fully saturated rings. The summed E-state index contributed by atoms with van der Waals surface area (Å²) in [5.74, 6) is 8.77. The van der Waals surface area contributed by atoms with Crippen LogP contribution >= 0.6 is 16.4 Å². The molecule has 2 heterocycles. The van der Waals surface area contributed by atoms with Crippen molar-refractivity contribution in [1.82, 2.24) is 0 Å². The molecule has 4 aliphatic carbocycles. The maximum Gasteiger partial charge on any atom is 2.00 e. The SMILES string of the molecule is [Co+2].c1c[cH-]c(-[c-]2[pH+]cc(C3CCCCC3)c2C2CCCCC2)c1.c1c[cH-]c(-[c-]2[pH+]cc(C3CCCCC3)c2C2CCCCC2)c1. The second-order valence-corrected chi connectivity index (χ2v) is 16.9. The summed E-state index contributed by atoms with van der Waals surface area (Å²) in [5.41, 5.74) is 10.2. The third kappa shape index (κ3) is 7.91. The van der Waals surface area contributed by atoms with Crippen molar-refractivity contribution in [2.45, 2.75) is 152 Å². The zero-order chi connectivity index (χ0) is 29.6. The fourth-order valence-corrected chi connectivity index (χ4v) is 12.7. The molecule has 0 N–H and O–H groups in total. The van der Waals surface area contributed by atoms with Gasteiger partial charge in [-0.3, -0.25) is 24.3 Å². The second-order valence-electron chi connectivity index (χ2n) is 14.8. The smallest absolute Gasteiger partial charge is 0.299 e. The topological polar surface area (TPSA) is 0 Å². The molecule has 0 aliphatic heterocycles. The van der Waals surface area contributed by atoms with Gasteiger partial charge in [0.1, 0.15) is 0 Å². The zero-order valence-corrected chi connectivity index (χ0v) is 30.6. The standard InChI is InChI=1S/2C21H28P.Co/c2*1-3-9-16(10-4-1)19-15-22-21(18-13-7-8-14-18)20(19)17-11-5-2-6-12-17;/h2*7-8,13-17,22H,1-6,9-12H2;/q2*-1;+2. The minimum Gasteiger partial charge on any atom is -0.299 e. The van der Waals surface area contributed by atoms with E-state index in [9.17, 15) is 0 Å². The molecule has 4 saturated carbocycles. The molecule has 2 aromatic heterocycles. The van der Waals surface area contributed by atoms with Crippen molar-refractivity contribution in [3.8, 4) is 21.7 Å². The summed E-state index contributed by atoms with van der Waals surface area (Å²) >= 11 is 0. The van der Waals surface area contributed by atoms with Gasteiger partial charge < -0.3 is 0 Å². The normalized spacial score (nSPS) is 21.2. The van der Waals surface area contributed by atoms with E-state index in [0.29, 0.717) is 0 Å². The maximum absolute atomic E-state index is 2.64. The Morgan fingerprint density at radius 2 is 0.800 bits per heavy atom. The molecule has 0 nitrogen and oxygen atoms in total. The first-order chi connectivity index (χ1) is 21.9. The number of rotatable bonds is 6. The van der Waals surface area contributed by atoms with Crippen molar-refractivity contribution in [3.05, 3.63) is 82.4 Å². The van der Waals surface area contributed by atoms with Gasteiger partial charge >= 0.3 is 16.8 Å². The van der Waals surface area contributed by atoms with Crippen molar-refractivity contribution in [3.63, 3.8) is 0 Å². The summed E-state index contributed by atoms with van der Waals surface area (Å²) in [6, 6.07) is 18.2. The van der Waals surface area contributed by atoms with Crippen molar-refractivity contribution in [2.24, 2.45) is 0 Å². The van der Waals surface area contributed by atoms with Crippen LogP contribution in [0.3, 0.4) is 0 Å². The van der Waals surface area contributed by atoms with Gasteiger partial charge in [0, 0.05) is 16.4 Å². The molecule has 0 bridgehead atoms. The average molecular weight is 682 g/mol. The van der Waals surface area contributed by atoms with Crippen LogP contribution in [0.1, 0.15) is 174 Å². The number of hydrogen-bond donors (Lipinski definition) is 0. The molecule has 1 radical (unpaired) electrons. The molecule has 243 valence electrons. The average Bonchev–Trinajstić information content (AvgIpc) is 3.93. The molecule has 0 saturated heterocycles. The first-order valence-corrected chi connectivity index (χ1v) is 20.9. The van der Waals surface area contributed by atoms with Crippen LogP contribution in [0.15, 0.2) is 60.1 Å². The second kappa shape index (κ2) is 16.7. The Labute approximate surface area is 288 Å². The fraction of sp³-hybridized carbons (Fsp3) is 0.571. The summed E-state index contributed by atoms with van der Waals surface area (Å²) in [7, 11) is 1.84. The Morgan fingerprint density at radius 1 is 0.467 bits per heavy atom. The van der Waals surface area contributed by atoms with Crippen LogP contribution in [0, 0.1) is 0 Å². The van der Waals surface area contributed by atoms with E-state index in [1.165, 1.54) is 140 Å². The van der Waals surface area contributed by atoms with E-state index >= 15 is 0 Å². The van der Waals surface area contributed by atoms with Gasteiger partial charge in [0.15, 0.2) is 0 Å². The van der Waals surface area contributed by atoms with Gasteiger partial charge in [-0.2, -0.15) is 0 Å². The minimum absolute atomic E-state index is 0. The molecule has 45 heavy (non-hydrogen) atoms. The first-order valence-electron chi connectivity index (χ1n) is 18.7. The molecular weight excluding hydrogens is 625 g/mol. The molecule has 8 rings (SSSR count). The molecule has 2 aromatic carbocycles. The van der Waals surface area contributed by atoms with Crippen molar-refractivity contribution < 1.29 is 16.8 Å². The van der Waals surface area contributed by atoms with Gasteiger partial charge in [0.25, 0.3) is 0 Å². The van der Waals surface area contributed by atoms with E-state index in [1.807, 2.05) is 11.1 Å². The van der Waals surface area contributed by atoms with Crippen LogP contribution < -0.4 is 0 Å². The summed E-state index contributed by atoms with van der Waals surface area (Å²) in [6.07, 6.45) is 29.0. The molecule has 2 atom stereocenters. The van der Waals surface area contributed by atoms with E-state index in [0.717, 1.165) is 40.1 Å². The Balaban J connectivity index is 0.000000155. The van der Waals surface area contributed by atoms with Gasteiger partial charge in [-0.05, 0) is 96.8 Å². The monoisotopic (exact) mass is 681 g/mol. The predicted octanol–water partition coefficient (Wildman–Crippen LogP) is 14.4. The van der Waals surface area contributed by atoms with Gasteiger partial charge in [-0.1, -0.05) is 88.2 Å². The van der Waals surface area contributed by atoms with Crippen LogP contribution in [0.25, 0.3) is 21.7 Å². The molecule has 4 aliphatic rings. The first kappa shape index (κ1) is 33.7. The van der Waals surface area contributed by atoms with Gasteiger partial charge in [0.05, 0.1) is 11.6 Å². The van der Waals surface area contributed by atoms with Crippen LogP contribution in [0.2, 0.25) is 0 Å². The fourth-order valence-electron chi connectivity index (χ4n) is 9.62. The van der Waals surface area contributed by atoms with E-state index in [1.54, 1.807) is 21.7 Å². The van der Waals surface area contributed by atoms with E-state index in [4.69, 9.17) is 0 Å². The third-order valence-corrected chi connectivity index (χ3v) is 14.5. The third-order valence-electron chi connectivity index (χ3n) is 11.9. The summed E-state index contributed by atoms with van der Waals surface area (Å²) in [4.78, 5) is 0. The molecule has 0 amide bonds. The quantitative estimate of drug-likeness (QED) is 0.178. The number of hydrogen-bond acceptors (Lipinski definition) is 0.